The van der Waals surface area contributed by atoms with Crippen LogP contribution in [0.1, 0.15) is 32.6 Å². The van der Waals surface area contributed by atoms with Crippen LogP contribution in [0.15, 0.2) is 0 Å². The van der Waals surface area contributed by atoms with Gasteiger partial charge in [0.15, 0.2) is 0 Å². The maximum absolute atomic E-state index is 11.5. The minimum absolute atomic E-state index is 0.166. The molecule has 1 rings (SSSR count). The molecule has 1 aliphatic rings. The average Bonchev–Trinajstić information content (AvgIpc) is 2.61. The summed E-state index contributed by atoms with van der Waals surface area (Å²) >= 11 is 0. The van der Waals surface area contributed by atoms with E-state index in [1.54, 1.807) is 7.05 Å². The van der Waals surface area contributed by atoms with Crippen molar-refractivity contribution in [3.8, 4) is 0 Å². The first-order valence-electron chi connectivity index (χ1n) is 5.59. The molecule has 0 amide bonds. The molecule has 0 atom stereocenters. The second-order valence-corrected chi connectivity index (χ2v) is 6.69. The number of hydrogen-bond donors (Lipinski definition) is 2. The zero-order valence-corrected chi connectivity index (χ0v) is 10.5. The molecule has 0 bridgehead atoms. The number of rotatable bonds is 6. The summed E-state index contributed by atoms with van der Waals surface area (Å²) in [7, 11) is -1.32. The molecule has 0 unspecified atom stereocenters. The standard InChI is InChI=1S/C10H22N2O2S/c1-10(5-3-4-6-10)9-12-15(13,14)8-7-11-2/h11-12H,3-9H2,1-2H3. The largest absolute Gasteiger partial charge is 0.319 e. The lowest BCUT2D eigenvalue weighted by molar-refractivity contribution is 0.336. The van der Waals surface area contributed by atoms with Crippen molar-refractivity contribution in [1.29, 1.82) is 0 Å². The lowest BCUT2D eigenvalue weighted by Gasteiger charge is -2.23. The van der Waals surface area contributed by atoms with Gasteiger partial charge in [0.1, 0.15) is 0 Å². The van der Waals surface area contributed by atoms with Gasteiger partial charge in [-0.3, -0.25) is 0 Å². The molecule has 15 heavy (non-hydrogen) atoms. The Morgan fingerprint density at radius 3 is 2.40 bits per heavy atom. The van der Waals surface area contributed by atoms with Crippen molar-refractivity contribution in [2.45, 2.75) is 32.6 Å². The van der Waals surface area contributed by atoms with Crippen molar-refractivity contribution in [1.82, 2.24) is 10.0 Å². The Kier molecular flexibility index (Phi) is 4.55. The molecule has 1 fully saturated rings. The van der Waals surface area contributed by atoms with Crippen LogP contribution in [0, 0.1) is 5.41 Å². The molecule has 0 heterocycles. The summed E-state index contributed by atoms with van der Waals surface area (Å²) in [4.78, 5) is 0. The fourth-order valence-corrected chi connectivity index (χ4v) is 3.18. The van der Waals surface area contributed by atoms with Gasteiger partial charge in [0, 0.05) is 13.1 Å². The summed E-state index contributed by atoms with van der Waals surface area (Å²) in [5.41, 5.74) is 0.187. The van der Waals surface area contributed by atoms with E-state index in [-0.39, 0.29) is 11.2 Å². The summed E-state index contributed by atoms with van der Waals surface area (Å²) in [5, 5.41) is 2.84. The molecule has 4 nitrogen and oxygen atoms in total. The summed E-state index contributed by atoms with van der Waals surface area (Å²) in [6.07, 6.45) is 4.74. The lowest BCUT2D eigenvalue weighted by Crippen LogP contribution is -2.37. The van der Waals surface area contributed by atoms with Gasteiger partial charge < -0.3 is 5.32 Å². The molecular formula is C10H22N2O2S. The van der Waals surface area contributed by atoms with Gasteiger partial charge in [-0.2, -0.15) is 0 Å². The molecule has 0 spiro atoms. The van der Waals surface area contributed by atoms with Crippen LogP contribution in [0.2, 0.25) is 0 Å². The third kappa shape index (κ3) is 4.49. The van der Waals surface area contributed by atoms with Crippen LogP contribution < -0.4 is 10.0 Å². The van der Waals surface area contributed by atoms with Crippen molar-refractivity contribution in [2.24, 2.45) is 5.41 Å². The lowest BCUT2D eigenvalue weighted by atomic mass is 9.89. The normalized spacial score (nSPS) is 20.7. The van der Waals surface area contributed by atoms with Gasteiger partial charge >= 0.3 is 0 Å². The maximum Gasteiger partial charge on any atom is 0.212 e. The van der Waals surface area contributed by atoms with Crippen molar-refractivity contribution >= 4 is 10.0 Å². The first-order valence-corrected chi connectivity index (χ1v) is 7.25. The molecular weight excluding hydrogens is 212 g/mol. The van der Waals surface area contributed by atoms with Gasteiger partial charge in [-0.15, -0.1) is 0 Å². The van der Waals surface area contributed by atoms with Crippen LogP contribution in [0.5, 0.6) is 0 Å². The Morgan fingerprint density at radius 1 is 1.27 bits per heavy atom. The minimum atomic E-state index is -3.08. The summed E-state index contributed by atoms with van der Waals surface area (Å²) in [5.74, 6) is 0.166. The highest BCUT2D eigenvalue weighted by molar-refractivity contribution is 7.89. The van der Waals surface area contributed by atoms with Gasteiger partial charge in [-0.25, -0.2) is 13.1 Å². The van der Waals surface area contributed by atoms with E-state index >= 15 is 0 Å². The summed E-state index contributed by atoms with van der Waals surface area (Å²) < 4.78 is 25.8. The third-order valence-electron chi connectivity index (χ3n) is 3.15. The van der Waals surface area contributed by atoms with Crippen LogP contribution >= 0.6 is 0 Å². The molecule has 1 saturated carbocycles. The van der Waals surface area contributed by atoms with Crippen LogP contribution in [-0.2, 0) is 10.0 Å². The number of hydrogen-bond acceptors (Lipinski definition) is 3. The highest BCUT2D eigenvalue weighted by Gasteiger charge is 2.29. The smallest absolute Gasteiger partial charge is 0.212 e. The van der Waals surface area contributed by atoms with Crippen molar-refractivity contribution < 1.29 is 8.42 Å². The minimum Gasteiger partial charge on any atom is -0.319 e. The van der Waals surface area contributed by atoms with E-state index < -0.39 is 10.0 Å². The molecule has 2 N–H and O–H groups in total. The van der Waals surface area contributed by atoms with E-state index in [9.17, 15) is 8.42 Å². The molecule has 90 valence electrons. The highest BCUT2D eigenvalue weighted by Crippen LogP contribution is 2.36. The van der Waals surface area contributed by atoms with Crippen LogP contribution in [-0.4, -0.2) is 34.3 Å². The second kappa shape index (κ2) is 5.27. The molecule has 0 aliphatic heterocycles. The molecule has 0 saturated heterocycles. The van der Waals surface area contributed by atoms with Gasteiger partial charge in [0.25, 0.3) is 0 Å². The number of sulfonamides is 1. The third-order valence-corrected chi connectivity index (χ3v) is 4.48. The van der Waals surface area contributed by atoms with Crippen LogP contribution in [0.4, 0.5) is 0 Å². The Hall–Kier alpha value is -0.130. The summed E-state index contributed by atoms with van der Waals surface area (Å²) in [6, 6.07) is 0. The number of nitrogens with one attached hydrogen (secondary N) is 2. The Labute approximate surface area is 92.9 Å². The zero-order valence-electron chi connectivity index (χ0n) is 9.67. The van der Waals surface area contributed by atoms with Crippen LogP contribution in [0.25, 0.3) is 0 Å². The monoisotopic (exact) mass is 234 g/mol. The van der Waals surface area contributed by atoms with Crippen molar-refractivity contribution in [3.63, 3.8) is 0 Å². The van der Waals surface area contributed by atoms with Gasteiger partial charge in [-0.05, 0) is 25.3 Å². The SMILES string of the molecule is CNCCS(=O)(=O)NCC1(C)CCCC1. The van der Waals surface area contributed by atoms with Gasteiger partial charge in [0.05, 0.1) is 5.75 Å². The van der Waals surface area contributed by atoms with Crippen molar-refractivity contribution in [2.75, 3.05) is 25.9 Å². The first kappa shape index (κ1) is 12.9. The summed E-state index contributed by atoms with van der Waals surface area (Å²) in [6.45, 7) is 3.27. The Bertz CT molecular complexity index is 282. The van der Waals surface area contributed by atoms with Crippen molar-refractivity contribution in [3.05, 3.63) is 0 Å². The highest BCUT2D eigenvalue weighted by atomic mass is 32.2. The van der Waals surface area contributed by atoms with E-state index in [0.717, 1.165) is 12.8 Å². The zero-order chi connectivity index (χ0) is 11.4. The van der Waals surface area contributed by atoms with Gasteiger partial charge in [-0.1, -0.05) is 19.8 Å². The molecule has 5 heteroatoms. The first-order chi connectivity index (χ1) is 6.97. The topological polar surface area (TPSA) is 58.2 Å². The predicted octanol–water partition coefficient (Wildman–Crippen LogP) is 0.705. The van der Waals surface area contributed by atoms with E-state index in [2.05, 4.69) is 17.0 Å². The molecule has 0 aromatic carbocycles. The maximum atomic E-state index is 11.5. The molecule has 1 aliphatic carbocycles. The van der Waals surface area contributed by atoms with E-state index in [4.69, 9.17) is 0 Å². The molecule has 0 aromatic heterocycles. The van der Waals surface area contributed by atoms with E-state index in [1.165, 1.54) is 12.8 Å². The Balaban J connectivity index is 2.35. The molecule has 0 aromatic rings. The fraction of sp³-hybridized carbons (Fsp3) is 1.00. The fourth-order valence-electron chi connectivity index (χ4n) is 2.00. The predicted molar refractivity (Wildman–Crippen MR) is 62.3 cm³/mol. The quantitative estimate of drug-likeness (QED) is 0.711. The molecule has 0 radical (unpaired) electrons. The average molecular weight is 234 g/mol. The second-order valence-electron chi connectivity index (χ2n) is 4.76. The van der Waals surface area contributed by atoms with E-state index in [0.29, 0.717) is 13.1 Å². The van der Waals surface area contributed by atoms with Gasteiger partial charge in [0.2, 0.25) is 10.0 Å². The van der Waals surface area contributed by atoms with E-state index in [1.807, 2.05) is 0 Å². The Morgan fingerprint density at radius 2 is 1.87 bits per heavy atom. The van der Waals surface area contributed by atoms with Crippen LogP contribution in [0.3, 0.4) is 0 Å².